The molecule has 0 aromatic heterocycles. The van der Waals surface area contributed by atoms with Gasteiger partial charge in [0.15, 0.2) is 0 Å². The summed E-state index contributed by atoms with van der Waals surface area (Å²) in [5.41, 5.74) is 1.85. The van der Waals surface area contributed by atoms with Gasteiger partial charge in [-0.25, -0.2) is 8.42 Å². The number of benzene rings is 2. The molecule has 1 unspecified atom stereocenters. The van der Waals surface area contributed by atoms with Crippen LogP contribution in [0.1, 0.15) is 17.2 Å². The molecule has 4 heteroatoms. The highest BCUT2D eigenvalue weighted by molar-refractivity contribution is 7.89. The van der Waals surface area contributed by atoms with Crippen molar-refractivity contribution in [1.29, 1.82) is 0 Å². The van der Waals surface area contributed by atoms with Crippen LogP contribution in [0.3, 0.4) is 0 Å². The molecule has 0 spiro atoms. The van der Waals surface area contributed by atoms with Crippen molar-refractivity contribution in [3.05, 3.63) is 65.7 Å². The standard InChI is InChI=1S/C14H13NO2S/c1-15-14(11-7-3-2-4-8-11)12-9-5-6-10-13(12)18(15,16)17/h2-10,14H,1H3. The second-order valence-electron chi connectivity index (χ2n) is 4.37. The fraction of sp³-hybridized carbons (Fsp3) is 0.143. The third-order valence-electron chi connectivity index (χ3n) is 3.35. The minimum Gasteiger partial charge on any atom is -0.207 e. The van der Waals surface area contributed by atoms with Gasteiger partial charge in [0, 0.05) is 7.05 Å². The lowest BCUT2D eigenvalue weighted by molar-refractivity contribution is 0.440. The van der Waals surface area contributed by atoms with E-state index in [4.69, 9.17) is 0 Å². The molecule has 0 saturated carbocycles. The molecule has 0 bridgehead atoms. The Kier molecular flexibility index (Phi) is 2.50. The first kappa shape index (κ1) is 11.4. The van der Waals surface area contributed by atoms with Crippen molar-refractivity contribution in [2.45, 2.75) is 10.9 Å². The van der Waals surface area contributed by atoms with E-state index < -0.39 is 10.0 Å². The van der Waals surface area contributed by atoms with Crippen molar-refractivity contribution in [1.82, 2.24) is 4.31 Å². The smallest absolute Gasteiger partial charge is 0.207 e. The zero-order valence-corrected chi connectivity index (χ0v) is 10.8. The van der Waals surface area contributed by atoms with E-state index >= 15 is 0 Å². The first-order valence-electron chi connectivity index (χ1n) is 5.74. The van der Waals surface area contributed by atoms with Gasteiger partial charge >= 0.3 is 0 Å². The van der Waals surface area contributed by atoms with Crippen LogP contribution in [-0.2, 0) is 10.0 Å². The highest BCUT2D eigenvalue weighted by Gasteiger charge is 2.40. The van der Waals surface area contributed by atoms with Crippen LogP contribution in [0.2, 0.25) is 0 Å². The largest absolute Gasteiger partial charge is 0.244 e. The maximum absolute atomic E-state index is 12.3. The van der Waals surface area contributed by atoms with E-state index in [2.05, 4.69) is 0 Å². The molecule has 0 radical (unpaired) electrons. The van der Waals surface area contributed by atoms with Gasteiger partial charge in [-0.1, -0.05) is 48.5 Å². The van der Waals surface area contributed by atoms with Crippen molar-refractivity contribution in [3.8, 4) is 0 Å². The molecule has 1 aliphatic heterocycles. The highest BCUT2D eigenvalue weighted by atomic mass is 32.2. The number of nitrogens with zero attached hydrogens (tertiary/aromatic N) is 1. The maximum atomic E-state index is 12.3. The Morgan fingerprint density at radius 3 is 2.28 bits per heavy atom. The summed E-state index contributed by atoms with van der Waals surface area (Å²) in [4.78, 5) is 0.418. The van der Waals surface area contributed by atoms with Crippen LogP contribution in [-0.4, -0.2) is 19.8 Å². The average molecular weight is 259 g/mol. The Hall–Kier alpha value is -1.65. The van der Waals surface area contributed by atoms with Crippen LogP contribution >= 0.6 is 0 Å². The molecule has 2 aromatic rings. The molecule has 2 aromatic carbocycles. The summed E-state index contributed by atoms with van der Waals surface area (Å²) >= 11 is 0. The Morgan fingerprint density at radius 2 is 1.56 bits per heavy atom. The Balaban J connectivity index is 2.25. The minimum atomic E-state index is -3.35. The highest BCUT2D eigenvalue weighted by Crippen LogP contribution is 2.41. The Bertz CT molecular complexity index is 680. The summed E-state index contributed by atoms with van der Waals surface area (Å²) < 4.78 is 26.0. The molecule has 1 atom stereocenters. The summed E-state index contributed by atoms with van der Waals surface area (Å²) in [7, 11) is -1.72. The van der Waals surface area contributed by atoms with Gasteiger partial charge < -0.3 is 0 Å². The molecule has 3 nitrogen and oxygen atoms in total. The number of fused-ring (bicyclic) bond motifs is 1. The molecule has 0 saturated heterocycles. The molecule has 0 N–H and O–H groups in total. The summed E-state index contributed by atoms with van der Waals surface area (Å²) in [5.74, 6) is 0. The molecule has 0 amide bonds. The first-order valence-corrected chi connectivity index (χ1v) is 7.18. The van der Waals surface area contributed by atoms with Crippen molar-refractivity contribution >= 4 is 10.0 Å². The third-order valence-corrected chi connectivity index (χ3v) is 5.25. The summed E-state index contributed by atoms with van der Waals surface area (Å²) in [5, 5.41) is 0. The van der Waals surface area contributed by atoms with Gasteiger partial charge in [-0.15, -0.1) is 0 Å². The number of rotatable bonds is 1. The normalized spacial score (nSPS) is 21.7. The minimum absolute atomic E-state index is 0.215. The molecule has 92 valence electrons. The quantitative estimate of drug-likeness (QED) is 0.788. The van der Waals surface area contributed by atoms with Crippen molar-refractivity contribution in [2.75, 3.05) is 7.05 Å². The van der Waals surface area contributed by atoms with E-state index in [1.807, 2.05) is 42.5 Å². The summed E-state index contributed by atoms with van der Waals surface area (Å²) in [6, 6.07) is 16.7. The van der Waals surface area contributed by atoms with Crippen LogP contribution in [0.15, 0.2) is 59.5 Å². The molecule has 1 heterocycles. The third kappa shape index (κ3) is 1.50. The number of sulfonamides is 1. The number of hydrogen-bond donors (Lipinski definition) is 0. The second kappa shape index (κ2) is 3.93. The SMILES string of the molecule is CN1C(c2ccccc2)c2ccccc2S1(=O)=O. The Morgan fingerprint density at radius 1 is 0.944 bits per heavy atom. The lowest BCUT2D eigenvalue weighted by Gasteiger charge is -2.19. The zero-order chi connectivity index (χ0) is 12.8. The van der Waals surface area contributed by atoms with Gasteiger partial charge in [0.2, 0.25) is 10.0 Å². The van der Waals surface area contributed by atoms with E-state index in [1.54, 1.807) is 19.2 Å². The van der Waals surface area contributed by atoms with Gasteiger partial charge in [0.1, 0.15) is 0 Å². The molecule has 0 fully saturated rings. The second-order valence-corrected chi connectivity index (χ2v) is 6.34. The van der Waals surface area contributed by atoms with Crippen LogP contribution < -0.4 is 0 Å². The lowest BCUT2D eigenvalue weighted by Crippen LogP contribution is -2.24. The van der Waals surface area contributed by atoms with E-state index in [1.165, 1.54) is 4.31 Å². The van der Waals surface area contributed by atoms with E-state index in [0.717, 1.165) is 11.1 Å². The molecule has 3 rings (SSSR count). The van der Waals surface area contributed by atoms with Crippen molar-refractivity contribution in [3.63, 3.8) is 0 Å². The summed E-state index contributed by atoms with van der Waals surface area (Å²) in [6.07, 6.45) is 0. The molecule has 18 heavy (non-hydrogen) atoms. The molecular weight excluding hydrogens is 246 g/mol. The average Bonchev–Trinajstić information content (AvgIpc) is 2.60. The van der Waals surface area contributed by atoms with Gasteiger partial charge in [-0.2, -0.15) is 4.31 Å². The van der Waals surface area contributed by atoms with Crippen molar-refractivity contribution in [2.24, 2.45) is 0 Å². The zero-order valence-electron chi connectivity index (χ0n) is 9.95. The van der Waals surface area contributed by atoms with Gasteiger partial charge in [-0.3, -0.25) is 0 Å². The van der Waals surface area contributed by atoms with Crippen LogP contribution in [0.5, 0.6) is 0 Å². The lowest BCUT2D eigenvalue weighted by atomic mass is 9.99. The molecule has 1 aliphatic rings. The van der Waals surface area contributed by atoms with E-state index in [0.29, 0.717) is 4.90 Å². The van der Waals surface area contributed by atoms with Crippen molar-refractivity contribution < 1.29 is 8.42 Å². The molecular formula is C14H13NO2S. The van der Waals surface area contributed by atoms with Gasteiger partial charge in [0.05, 0.1) is 10.9 Å². The Labute approximate surface area is 107 Å². The van der Waals surface area contributed by atoms with Crippen LogP contribution in [0.25, 0.3) is 0 Å². The van der Waals surface area contributed by atoms with Crippen LogP contribution in [0.4, 0.5) is 0 Å². The topological polar surface area (TPSA) is 37.4 Å². The van der Waals surface area contributed by atoms with Crippen LogP contribution in [0, 0.1) is 0 Å². The molecule has 0 aliphatic carbocycles. The van der Waals surface area contributed by atoms with Gasteiger partial charge in [-0.05, 0) is 17.2 Å². The van der Waals surface area contributed by atoms with E-state index in [-0.39, 0.29) is 6.04 Å². The monoisotopic (exact) mass is 259 g/mol. The number of hydrogen-bond acceptors (Lipinski definition) is 2. The predicted octanol–water partition coefficient (Wildman–Crippen LogP) is 2.41. The summed E-state index contributed by atoms with van der Waals surface area (Å²) in [6.45, 7) is 0. The fourth-order valence-corrected chi connectivity index (χ4v) is 4.01. The fourth-order valence-electron chi connectivity index (χ4n) is 2.46. The van der Waals surface area contributed by atoms with E-state index in [9.17, 15) is 8.42 Å². The predicted molar refractivity (Wildman–Crippen MR) is 69.7 cm³/mol. The van der Waals surface area contributed by atoms with Gasteiger partial charge in [0.25, 0.3) is 0 Å². The maximum Gasteiger partial charge on any atom is 0.244 e. The first-order chi connectivity index (χ1) is 8.62.